The highest BCUT2D eigenvalue weighted by Crippen LogP contribution is 2.26. The van der Waals surface area contributed by atoms with Crippen LogP contribution >= 0.6 is 0 Å². The third kappa shape index (κ3) is 3.98. The number of aromatic nitrogens is 3. The molecule has 6 nitrogen and oxygen atoms in total. The Kier molecular flexibility index (Phi) is 4.77. The van der Waals surface area contributed by atoms with Gasteiger partial charge in [0.1, 0.15) is 11.6 Å². The van der Waals surface area contributed by atoms with E-state index in [1.54, 1.807) is 6.92 Å². The lowest BCUT2D eigenvalue weighted by molar-refractivity contribution is 0.240. The maximum absolute atomic E-state index is 14.6. The van der Waals surface area contributed by atoms with Crippen LogP contribution in [0, 0.1) is 19.7 Å². The van der Waals surface area contributed by atoms with Gasteiger partial charge in [0, 0.05) is 44.2 Å². The molecule has 1 aliphatic rings. The maximum Gasteiger partial charge on any atom is 0.186 e. The van der Waals surface area contributed by atoms with Gasteiger partial charge in [0.05, 0.1) is 11.4 Å². The molecule has 1 aliphatic heterocycles. The third-order valence-corrected chi connectivity index (χ3v) is 4.40. The first-order valence-corrected chi connectivity index (χ1v) is 8.68. The number of rotatable bonds is 3. The lowest BCUT2D eigenvalue weighted by Crippen LogP contribution is -2.46. The van der Waals surface area contributed by atoms with Crippen molar-refractivity contribution in [3.63, 3.8) is 0 Å². The van der Waals surface area contributed by atoms with Crippen LogP contribution in [-0.4, -0.2) is 46.2 Å². The van der Waals surface area contributed by atoms with Gasteiger partial charge < -0.3 is 9.42 Å². The minimum absolute atomic E-state index is 0.208. The average Bonchev–Trinajstić information content (AvgIpc) is 2.95. The largest absolute Gasteiger partial charge is 0.361 e. The summed E-state index contributed by atoms with van der Waals surface area (Å²) in [4.78, 5) is 13.2. The van der Waals surface area contributed by atoms with Crippen LogP contribution < -0.4 is 4.90 Å². The van der Waals surface area contributed by atoms with Crippen molar-refractivity contribution in [2.75, 3.05) is 31.1 Å². The number of aryl methyl sites for hydroxylation is 2. The van der Waals surface area contributed by atoms with Gasteiger partial charge in [0.2, 0.25) is 0 Å². The van der Waals surface area contributed by atoms with Crippen LogP contribution in [0.5, 0.6) is 0 Å². The second-order valence-corrected chi connectivity index (χ2v) is 7.71. The first kappa shape index (κ1) is 17.8. The highest BCUT2D eigenvalue weighted by Gasteiger charge is 2.26. The topological polar surface area (TPSA) is 58.3 Å². The monoisotopic (exact) mass is 347 g/mol. The van der Waals surface area contributed by atoms with E-state index in [0.717, 1.165) is 44.2 Å². The minimum Gasteiger partial charge on any atom is -0.361 e. The first-order valence-electron chi connectivity index (χ1n) is 8.68. The van der Waals surface area contributed by atoms with Crippen molar-refractivity contribution >= 4 is 5.82 Å². The summed E-state index contributed by atoms with van der Waals surface area (Å²) in [6.45, 7) is 13.6. The van der Waals surface area contributed by atoms with Crippen molar-refractivity contribution in [2.24, 2.45) is 0 Å². The lowest BCUT2D eigenvalue weighted by Gasteiger charge is -2.35. The summed E-state index contributed by atoms with van der Waals surface area (Å²) >= 11 is 0. The maximum atomic E-state index is 14.6. The van der Waals surface area contributed by atoms with Crippen molar-refractivity contribution in [1.82, 2.24) is 20.0 Å². The van der Waals surface area contributed by atoms with Gasteiger partial charge in [-0.15, -0.1) is 0 Å². The second-order valence-electron chi connectivity index (χ2n) is 7.71. The average molecular weight is 347 g/mol. The zero-order valence-electron chi connectivity index (χ0n) is 15.6. The van der Waals surface area contributed by atoms with E-state index < -0.39 is 0 Å². The van der Waals surface area contributed by atoms with E-state index in [1.807, 2.05) is 38.7 Å². The molecule has 0 spiro atoms. The Morgan fingerprint density at radius 3 is 2.36 bits per heavy atom. The number of hydrogen-bond acceptors (Lipinski definition) is 6. The molecule has 2 aromatic heterocycles. The predicted molar refractivity (Wildman–Crippen MR) is 94.2 cm³/mol. The molecule has 0 aromatic carbocycles. The van der Waals surface area contributed by atoms with E-state index >= 15 is 0 Å². The number of anilines is 1. The normalized spacial score (nSPS) is 16.5. The molecule has 0 atom stereocenters. The Labute approximate surface area is 148 Å². The fourth-order valence-electron chi connectivity index (χ4n) is 2.93. The molecule has 0 amide bonds. The van der Waals surface area contributed by atoms with Crippen molar-refractivity contribution in [3.8, 4) is 0 Å². The Hall–Kier alpha value is -2.02. The molecule has 1 fully saturated rings. The number of hydrogen-bond donors (Lipinski definition) is 0. The van der Waals surface area contributed by atoms with E-state index in [9.17, 15) is 4.39 Å². The standard InChI is InChI=1S/C18H26FN5O/c1-12-10-14(22-25-12)11-23-6-8-24(9-7-23)16-15(19)13(2)20-17(21-16)18(3,4)5/h10H,6-9,11H2,1-5H3. The molecule has 3 rings (SSSR count). The molecule has 0 saturated carbocycles. The smallest absolute Gasteiger partial charge is 0.186 e. The quantitative estimate of drug-likeness (QED) is 0.851. The molecule has 0 unspecified atom stereocenters. The molecule has 3 heterocycles. The Balaban J connectivity index is 1.71. The van der Waals surface area contributed by atoms with Gasteiger partial charge >= 0.3 is 0 Å². The van der Waals surface area contributed by atoms with Crippen molar-refractivity contribution in [2.45, 2.75) is 46.6 Å². The van der Waals surface area contributed by atoms with Gasteiger partial charge in [-0.25, -0.2) is 14.4 Å². The zero-order valence-corrected chi connectivity index (χ0v) is 15.6. The molecule has 25 heavy (non-hydrogen) atoms. The molecular weight excluding hydrogens is 321 g/mol. The fourth-order valence-corrected chi connectivity index (χ4v) is 2.93. The summed E-state index contributed by atoms with van der Waals surface area (Å²) in [6.07, 6.45) is 0. The van der Waals surface area contributed by atoms with Gasteiger partial charge in [-0.2, -0.15) is 0 Å². The molecule has 0 aliphatic carbocycles. The molecule has 1 saturated heterocycles. The van der Waals surface area contributed by atoms with Gasteiger partial charge in [0.15, 0.2) is 11.6 Å². The van der Waals surface area contributed by atoms with E-state index in [1.165, 1.54) is 0 Å². The summed E-state index contributed by atoms with van der Waals surface area (Å²) in [6, 6.07) is 1.95. The van der Waals surface area contributed by atoms with Gasteiger partial charge in [-0.1, -0.05) is 25.9 Å². The third-order valence-electron chi connectivity index (χ3n) is 4.40. The highest BCUT2D eigenvalue weighted by molar-refractivity contribution is 5.43. The van der Waals surface area contributed by atoms with Crippen LogP contribution in [0.3, 0.4) is 0 Å². The lowest BCUT2D eigenvalue weighted by atomic mass is 9.95. The zero-order chi connectivity index (χ0) is 18.2. The molecule has 136 valence electrons. The van der Waals surface area contributed by atoms with Crippen molar-refractivity contribution in [3.05, 3.63) is 34.9 Å². The van der Waals surface area contributed by atoms with Gasteiger partial charge in [0.25, 0.3) is 0 Å². The number of halogens is 1. The SMILES string of the molecule is Cc1cc(CN2CCN(c3nc(C(C)(C)C)nc(C)c3F)CC2)no1. The summed E-state index contributed by atoms with van der Waals surface area (Å²) in [5.41, 5.74) is 1.14. The first-order chi connectivity index (χ1) is 11.7. The van der Waals surface area contributed by atoms with E-state index in [-0.39, 0.29) is 11.2 Å². The van der Waals surface area contributed by atoms with Gasteiger partial charge in [-0.05, 0) is 13.8 Å². The number of nitrogens with zero attached hydrogens (tertiary/aromatic N) is 5. The van der Waals surface area contributed by atoms with Crippen LogP contribution in [0.4, 0.5) is 10.2 Å². The van der Waals surface area contributed by atoms with Crippen LogP contribution in [-0.2, 0) is 12.0 Å². The molecule has 7 heteroatoms. The van der Waals surface area contributed by atoms with E-state index in [4.69, 9.17) is 4.52 Å². The molecule has 0 bridgehead atoms. The molecule has 0 radical (unpaired) electrons. The summed E-state index contributed by atoms with van der Waals surface area (Å²) in [5, 5.41) is 4.04. The summed E-state index contributed by atoms with van der Waals surface area (Å²) in [7, 11) is 0. The second kappa shape index (κ2) is 6.71. The minimum atomic E-state index is -0.312. The van der Waals surface area contributed by atoms with Crippen molar-refractivity contribution in [1.29, 1.82) is 0 Å². The summed E-state index contributed by atoms with van der Waals surface area (Å²) in [5.74, 6) is 1.62. The Morgan fingerprint density at radius 2 is 1.80 bits per heavy atom. The Bertz CT molecular complexity index is 744. The Morgan fingerprint density at radius 1 is 1.12 bits per heavy atom. The molecule has 0 N–H and O–H groups in total. The van der Waals surface area contributed by atoms with Crippen LogP contribution in [0.2, 0.25) is 0 Å². The van der Waals surface area contributed by atoms with Crippen LogP contribution in [0.15, 0.2) is 10.6 Å². The van der Waals surface area contributed by atoms with Gasteiger partial charge in [-0.3, -0.25) is 4.90 Å². The number of piperazine rings is 1. The molecule has 2 aromatic rings. The highest BCUT2D eigenvalue weighted by atomic mass is 19.1. The fraction of sp³-hybridized carbons (Fsp3) is 0.611. The van der Waals surface area contributed by atoms with Crippen molar-refractivity contribution < 1.29 is 8.91 Å². The van der Waals surface area contributed by atoms with Crippen LogP contribution in [0.25, 0.3) is 0 Å². The van der Waals surface area contributed by atoms with E-state index in [2.05, 4.69) is 20.0 Å². The summed E-state index contributed by atoms with van der Waals surface area (Å²) < 4.78 is 19.7. The predicted octanol–water partition coefficient (Wildman–Crippen LogP) is 2.84. The molecular formula is C18H26FN5O. The van der Waals surface area contributed by atoms with Crippen LogP contribution in [0.1, 0.15) is 43.7 Å². The van der Waals surface area contributed by atoms with E-state index in [0.29, 0.717) is 17.3 Å².